The molecule has 10 rings (SSSR count). The number of imide groups is 1. The van der Waals surface area contributed by atoms with Gasteiger partial charge in [-0.3, -0.25) is 24.0 Å². The number of aryl methyl sites for hydroxylation is 2. The zero-order chi connectivity index (χ0) is 43.9. The summed E-state index contributed by atoms with van der Waals surface area (Å²) in [6.07, 6.45) is 4.91. The lowest BCUT2D eigenvalue weighted by atomic mass is 9.86. The van der Waals surface area contributed by atoms with Crippen molar-refractivity contribution < 1.29 is 27.5 Å². The van der Waals surface area contributed by atoms with Crippen molar-refractivity contribution in [2.24, 2.45) is 31.8 Å². The molecule has 5 aliphatic rings. The molecule has 3 atom stereocenters. The van der Waals surface area contributed by atoms with Crippen molar-refractivity contribution in [1.82, 2.24) is 29.2 Å². The number of piperidine rings is 2. The topological polar surface area (TPSA) is 146 Å². The Labute approximate surface area is 366 Å². The number of carbonyl (C=O) groups excluding carboxylic acids is 2. The summed E-state index contributed by atoms with van der Waals surface area (Å²) in [5.74, 6) is -2.61. The third kappa shape index (κ3) is 7.57. The fourth-order valence-corrected chi connectivity index (χ4v) is 9.95. The second-order valence-electron chi connectivity index (χ2n) is 17.8. The number of hydrogen-bond donors (Lipinski definition) is 2. The zero-order valence-corrected chi connectivity index (χ0v) is 36.1. The van der Waals surface area contributed by atoms with Crippen LogP contribution in [0.15, 0.2) is 41.3 Å². The summed E-state index contributed by atoms with van der Waals surface area (Å²) in [6.45, 7) is 6.63. The van der Waals surface area contributed by atoms with Gasteiger partial charge in [-0.25, -0.2) is 23.1 Å². The van der Waals surface area contributed by atoms with Gasteiger partial charge in [-0.05, 0) is 73.8 Å². The number of amides is 2. The quantitative estimate of drug-likeness (QED) is 0.169. The van der Waals surface area contributed by atoms with Crippen LogP contribution in [-0.2, 0) is 23.7 Å². The summed E-state index contributed by atoms with van der Waals surface area (Å²) in [5.41, 5.74) is 2.07. The van der Waals surface area contributed by atoms with E-state index < -0.39 is 29.9 Å². The van der Waals surface area contributed by atoms with Crippen molar-refractivity contribution in [1.29, 1.82) is 0 Å². The molecular weight excluding hydrogens is 839 g/mol. The van der Waals surface area contributed by atoms with Gasteiger partial charge < -0.3 is 29.7 Å². The maximum absolute atomic E-state index is 15.8. The minimum absolute atomic E-state index is 0.120. The van der Waals surface area contributed by atoms with E-state index in [4.69, 9.17) is 21.3 Å². The van der Waals surface area contributed by atoms with Gasteiger partial charge >= 0.3 is 5.92 Å². The van der Waals surface area contributed by atoms with Crippen LogP contribution in [0, 0.1) is 23.6 Å². The Balaban J connectivity index is 0.787. The number of nitrogens with zero attached hydrogens (tertiary/aromatic N) is 9. The van der Waals surface area contributed by atoms with Gasteiger partial charge in [-0.2, -0.15) is 10.1 Å². The van der Waals surface area contributed by atoms with Crippen LogP contribution in [0.25, 0.3) is 21.8 Å². The third-order valence-electron chi connectivity index (χ3n) is 13.6. The molecule has 0 bridgehead atoms. The standard InChI is InChI=1S/C44H49ClF3N11O4/c1-24-21-58(12-11-26(24)22-56-13-15-57(16-14-56)34-19-33-29(18-31(34)46)41(53-55(33)3)59-35(60)5-4-6-36(59)61)43-49-20-30(45)40(52-43)50-27-9-10-32-28(17-27)37-38(42(62)54(32)2)63-23-44(47,48)39(51-37)25-7-8-25/h9-10,17-20,24-26,39,51H,4-8,11-16,21-23H2,1-3H3,(H,49,50,52)/t24-,26-,39+/m1/s1. The molecule has 1 saturated carbocycles. The summed E-state index contributed by atoms with van der Waals surface area (Å²) in [4.78, 5) is 55.7. The van der Waals surface area contributed by atoms with Crippen LogP contribution in [0.5, 0.6) is 5.75 Å². The number of piperazine rings is 1. The normalized spacial score (nSPS) is 23.2. The monoisotopic (exact) mass is 887 g/mol. The number of anilines is 6. The van der Waals surface area contributed by atoms with Gasteiger partial charge in [0.25, 0.3) is 5.56 Å². The number of aromatic nitrogens is 5. The number of nitrogens with one attached hydrogen (secondary N) is 2. The Morgan fingerprint density at radius 1 is 0.952 bits per heavy atom. The van der Waals surface area contributed by atoms with E-state index in [1.807, 2.05) is 0 Å². The molecule has 1 aliphatic carbocycles. The van der Waals surface area contributed by atoms with E-state index in [-0.39, 0.29) is 47.8 Å². The molecule has 0 unspecified atom stereocenters. The first-order valence-electron chi connectivity index (χ1n) is 21.7. The van der Waals surface area contributed by atoms with Gasteiger partial charge in [0.2, 0.25) is 23.5 Å². The maximum atomic E-state index is 15.8. The van der Waals surface area contributed by atoms with E-state index in [2.05, 4.69) is 42.3 Å². The highest BCUT2D eigenvalue weighted by atomic mass is 35.5. The van der Waals surface area contributed by atoms with Gasteiger partial charge in [0.05, 0.1) is 34.6 Å². The molecule has 332 valence electrons. The number of hydrogen-bond acceptors (Lipinski definition) is 12. The van der Waals surface area contributed by atoms with Gasteiger partial charge in [0, 0.05) is 89.2 Å². The molecule has 2 amide bonds. The van der Waals surface area contributed by atoms with Crippen LogP contribution in [0.4, 0.5) is 47.8 Å². The average molecular weight is 888 g/mol. The Kier molecular flexibility index (Phi) is 10.4. The van der Waals surface area contributed by atoms with Crippen molar-refractivity contribution in [3.05, 3.63) is 57.7 Å². The Morgan fingerprint density at radius 2 is 1.71 bits per heavy atom. The lowest BCUT2D eigenvalue weighted by Gasteiger charge is -2.42. The van der Waals surface area contributed by atoms with Crippen molar-refractivity contribution in [2.45, 2.75) is 57.4 Å². The zero-order valence-electron chi connectivity index (χ0n) is 35.3. The Morgan fingerprint density at radius 3 is 2.44 bits per heavy atom. The van der Waals surface area contributed by atoms with E-state index in [9.17, 15) is 14.4 Å². The van der Waals surface area contributed by atoms with Gasteiger partial charge in [0.15, 0.2) is 18.2 Å². The predicted octanol–water partition coefficient (Wildman–Crippen LogP) is 6.30. The summed E-state index contributed by atoms with van der Waals surface area (Å²) in [5, 5.41) is 12.1. The van der Waals surface area contributed by atoms with E-state index in [0.29, 0.717) is 94.2 Å². The molecule has 19 heteroatoms. The molecular formula is C44H49ClF3N11O4. The maximum Gasteiger partial charge on any atom is 0.301 e. The summed E-state index contributed by atoms with van der Waals surface area (Å²) < 4.78 is 54.7. The van der Waals surface area contributed by atoms with E-state index in [1.165, 1.54) is 10.6 Å². The first-order chi connectivity index (χ1) is 30.2. The lowest BCUT2D eigenvalue weighted by Crippen LogP contribution is -2.50. The molecule has 4 fully saturated rings. The molecule has 7 heterocycles. The van der Waals surface area contributed by atoms with Gasteiger partial charge in [0.1, 0.15) is 10.8 Å². The number of pyridine rings is 1. The minimum atomic E-state index is -3.14. The number of rotatable bonds is 8. The lowest BCUT2D eigenvalue weighted by molar-refractivity contribution is -0.129. The number of benzene rings is 2. The van der Waals surface area contributed by atoms with Gasteiger partial charge in [-0.15, -0.1) is 0 Å². The molecule has 63 heavy (non-hydrogen) atoms. The highest BCUT2D eigenvalue weighted by molar-refractivity contribution is 6.33. The predicted molar refractivity (Wildman–Crippen MR) is 235 cm³/mol. The second-order valence-corrected chi connectivity index (χ2v) is 18.2. The molecule has 3 aromatic heterocycles. The molecule has 5 aromatic rings. The fraction of sp³-hybridized carbons (Fsp3) is 0.500. The van der Waals surface area contributed by atoms with Gasteiger partial charge in [-0.1, -0.05) is 18.5 Å². The number of carbonyl (C=O) groups is 2. The van der Waals surface area contributed by atoms with E-state index in [1.54, 1.807) is 49.2 Å². The van der Waals surface area contributed by atoms with E-state index in [0.717, 1.165) is 44.0 Å². The molecule has 2 N–H and O–H groups in total. The summed E-state index contributed by atoms with van der Waals surface area (Å²) in [7, 11) is 3.34. The first kappa shape index (κ1) is 41.4. The fourth-order valence-electron chi connectivity index (χ4n) is 9.82. The summed E-state index contributed by atoms with van der Waals surface area (Å²) in [6, 6.07) is 7.38. The Bertz CT molecular complexity index is 2700. The molecule has 3 saturated heterocycles. The molecule has 2 aromatic carbocycles. The highest BCUT2D eigenvalue weighted by Gasteiger charge is 2.51. The van der Waals surface area contributed by atoms with Crippen LogP contribution < -0.4 is 35.6 Å². The Hall–Kier alpha value is -5.62. The number of ether oxygens (including phenoxy) is 1. The molecule has 0 spiro atoms. The second kappa shape index (κ2) is 15.9. The molecule has 0 radical (unpaired) electrons. The van der Waals surface area contributed by atoms with Crippen LogP contribution >= 0.6 is 11.6 Å². The number of alkyl halides is 2. The highest BCUT2D eigenvalue weighted by Crippen LogP contribution is 2.46. The van der Waals surface area contributed by atoms with Crippen LogP contribution in [0.1, 0.15) is 45.4 Å². The third-order valence-corrected chi connectivity index (χ3v) is 13.8. The molecule has 4 aliphatic heterocycles. The summed E-state index contributed by atoms with van der Waals surface area (Å²) >= 11 is 6.64. The average Bonchev–Trinajstić information content (AvgIpc) is 4.07. The molecule has 15 nitrogen and oxygen atoms in total. The van der Waals surface area contributed by atoms with Crippen molar-refractivity contribution in [3.8, 4) is 5.75 Å². The largest absolute Gasteiger partial charge is 0.480 e. The van der Waals surface area contributed by atoms with Crippen molar-refractivity contribution in [2.75, 3.05) is 77.8 Å². The number of halogens is 4. The minimum Gasteiger partial charge on any atom is -0.480 e. The SMILES string of the molecule is C[C@@H]1CN(c2ncc(Cl)c(Nc3ccc4c(c3)c3c(c(=O)n4C)OCC(F)(F)[C@H](C4CC4)N3)n2)CC[C@@H]1CN1CCN(c2cc3c(cc2F)c(N2C(=O)CCCC2=O)nn3C)CC1. The van der Waals surface area contributed by atoms with Crippen LogP contribution in [0.2, 0.25) is 5.02 Å². The van der Waals surface area contributed by atoms with Crippen molar-refractivity contribution >= 4 is 79.9 Å². The smallest absolute Gasteiger partial charge is 0.301 e. The van der Waals surface area contributed by atoms with E-state index >= 15 is 13.2 Å². The first-order valence-corrected chi connectivity index (χ1v) is 22.1. The van der Waals surface area contributed by atoms with Crippen LogP contribution in [0.3, 0.4) is 0 Å². The van der Waals surface area contributed by atoms with Crippen LogP contribution in [-0.4, -0.2) is 105 Å². The number of fused-ring (bicyclic) bond motifs is 4. The van der Waals surface area contributed by atoms with Crippen molar-refractivity contribution in [3.63, 3.8) is 0 Å².